The van der Waals surface area contributed by atoms with Crippen molar-refractivity contribution in [2.45, 2.75) is 25.4 Å². The summed E-state index contributed by atoms with van der Waals surface area (Å²) in [6.07, 6.45) is 0. The van der Waals surface area contributed by atoms with Gasteiger partial charge in [-0.15, -0.1) is 0 Å². The van der Waals surface area contributed by atoms with E-state index < -0.39 is 0 Å². The maximum atomic E-state index is 6.01. The number of halogens is 1. The van der Waals surface area contributed by atoms with Crippen molar-refractivity contribution in [3.63, 3.8) is 0 Å². The number of hydrogen-bond donors (Lipinski definition) is 1. The van der Waals surface area contributed by atoms with Crippen molar-refractivity contribution >= 4 is 33.4 Å². The van der Waals surface area contributed by atoms with Crippen LogP contribution in [0.5, 0.6) is 0 Å². The second kappa shape index (κ2) is 6.49. The quantitative estimate of drug-likeness (QED) is 0.788. The zero-order valence-corrected chi connectivity index (χ0v) is 13.6. The van der Waals surface area contributed by atoms with Crippen LogP contribution in [0.4, 0.5) is 5.69 Å². The molecule has 0 aromatic heterocycles. The fourth-order valence-electron chi connectivity index (χ4n) is 2.15. The van der Waals surface area contributed by atoms with Crippen molar-refractivity contribution < 1.29 is 0 Å². The van der Waals surface area contributed by atoms with E-state index in [-0.39, 0.29) is 0 Å². The Bertz CT molecular complexity index is 540. The summed E-state index contributed by atoms with van der Waals surface area (Å²) >= 11 is 5.46. The van der Waals surface area contributed by atoms with Crippen LogP contribution in [-0.2, 0) is 11.5 Å². The second-order valence-corrected chi connectivity index (χ2v) is 6.64. The van der Waals surface area contributed by atoms with Crippen molar-refractivity contribution in [3.05, 3.63) is 63.1 Å². The standard InChI is InChI=1S/C16H18BrNS/c1-11-6-12(2)8-13(7-11)9-19-10-14-15(17)4-3-5-16(14)18/h3-8H,9-10,18H2,1-2H3. The molecule has 0 spiro atoms. The minimum atomic E-state index is 0.863. The normalized spacial score (nSPS) is 10.7. The molecule has 0 aliphatic rings. The topological polar surface area (TPSA) is 26.0 Å². The van der Waals surface area contributed by atoms with Gasteiger partial charge < -0.3 is 5.73 Å². The minimum Gasteiger partial charge on any atom is -0.398 e. The molecular weight excluding hydrogens is 318 g/mol. The predicted molar refractivity (Wildman–Crippen MR) is 89.5 cm³/mol. The number of nitrogen functional groups attached to an aromatic ring is 1. The molecule has 100 valence electrons. The molecule has 0 aliphatic carbocycles. The molecule has 0 radical (unpaired) electrons. The first kappa shape index (κ1) is 14.5. The molecule has 0 saturated carbocycles. The van der Waals surface area contributed by atoms with E-state index in [2.05, 4.69) is 48.0 Å². The van der Waals surface area contributed by atoms with Gasteiger partial charge in [-0.3, -0.25) is 0 Å². The Morgan fingerprint density at radius 3 is 2.37 bits per heavy atom. The number of nitrogens with two attached hydrogens (primary N) is 1. The first-order valence-corrected chi connectivity index (χ1v) is 8.19. The molecule has 19 heavy (non-hydrogen) atoms. The van der Waals surface area contributed by atoms with Crippen LogP contribution in [0.1, 0.15) is 22.3 Å². The Kier molecular flexibility index (Phi) is 4.94. The van der Waals surface area contributed by atoms with E-state index in [0.717, 1.165) is 21.7 Å². The number of rotatable bonds is 4. The average molecular weight is 336 g/mol. The largest absolute Gasteiger partial charge is 0.398 e. The summed E-state index contributed by atoms with van der Waals surface area (Å²) in [6, 6.07) is 12.7. The van der Waals surface area contributed by atoms with Crippen molar-refractivity contribution in [1.29, 1.82) is 0 Å². The van der Waals surface area contributed by atoms with Gasteiger partial charge in [0.2, 0.25) is 0 Å². The molecule has 0 saturated heterocycles. The van der Waals surface area contributed by atoms with Crippen LogP contribution in [-0.4, -0.2) is 0 Å². The molecule has 0 unspecified atom stereocenters. The highest BCUT2D eigenvalue weighted by atomic mass is 79.9. The van der Waals surface area contributed by atoms with Crippen molar-refractivity contribution in [1.82, 2.24) is 0 Å². The molecule has 2 aromatic carbocycles. The van der Waals surface area contributed by atoms with Gasteiger partial charge in [0.25, 0.3) is 0 Å². The number of anilines is 1. The van der Waals surface area contributed by atoms with Crippen LogP contribution in [0.2, 0.25) is 0 Å². The van der Waals surface area contributed by atoms with Crippen LogP contribution >= 0.6 is 27.7 Å². The highest BCUT2D eigenvalue weighted by molar-refractivity contribution is 9.10. The Balaban J connectivity index is 2.00. The van der Waals surface area contributed by atoms with Crippen molar-refractivity contribution in [3.8, 4) is 0 Å². The first-order valence-electron chi connectivity index (χ1n) is 6.24. The maximum absolute atomic E-state index is 6.01. The Hall–Kier alpha value is -0.930. The molecule has 2 aromatic rings. The van der Waals surface area contributed by atoms with Gasteiger partial charge in [0.15, 0.2) is 0 Å². The maximum Gasteiger partial charge on any atom is 0.0366 e. The SMILES string of the molecule is Cc1cc(C)cc(CSCc2c(N)cccc2Br)c1. The molecule has 0 bridgehead atoms. The van der Waals surface area contributed by atoms with E-state index in [1.807, 2.05) is 30.0 Å². The van der Waals surface area contributed by atoms with E-state index in [9.17, 15) is 0 Å². The summed E-state index contributed by atoms with van der Waals surface area (Å²) < 4.78 is 1.10. The Morgan fingerprint density at radius 1 is 1.05 bits per heavy atom. The number of aryl methyl sites for hydroxylation is 2. The molecular formula is C16H18BrNS. The Labute approximate surface area is 127 Å². The molecule has 3 heteroatoms. The van der Waals surface area contributed by atoms with E-state index in [4.69, 9.17) is 5.73 Å². The van der Waals surface area contributed by atoms with Gasteiger partial charge >= 0.3 is 0 Å². The lowest BCUT2D eigenvalue weighted by Gasteiger charge is -2.09. The van der Waals surface area contributed by atoms with Gasteiger partial charge in [0.1, 0.15) is 0 Å². The lowest BCUT2D eigenvalue weighted by Crippen LogP contribution is -1.94. The van der Waals surface area contributed by atoms with Crippen LogP contribution in [0.3, 0.4) is 0 Å². The predicted octanol–water partition coefficient (Wildman–Crippen LogP) is 5.08. The van der Waals surface area contributed by atoms with Crippen molar-refractivity contribution in [2.24, 2.45) is 0 Å². The minimum absolute atomic E-state index is 0.863. The molecule has 0 heterocycles. The molecule has 2 N–H and O–H groups in total. The van der Waals surface area contributed by atoms with Gasteiger partial charge in [-0.2, -0.15) is 11.8 Å². The molecule has 2 rings (SSSR count). The smallest absolute Gasteiger partial charge is 0.0366 e. The van der Waals surface area contributed by atoms with Gasteiger partial charge in [-0.1, -0.05) is 51.3 Å². The Morgan fingerprint density at radius 2 is 1.74 bits per heavy atom. The molecule has 1 nitrogen and oxygen atoms in total. The van der Waals surface area contributed by atoms with Crippen LogP contribution in [0.25, 0.3) is 0 Å². The monoisotopic (exact) mass is 335 g/mol. The summed E-state index contributed by atoms with van der Waals surface area (Å²) in [5.41, 5.74) is 12.1. The van der Waals surface area contributed by atoms with E-state index in [1.165, 1.54) is 22.3 Å². The van der Waals surface area contributed by atoms with Crippen LogP contribution < -0.4 is 5.73 Å². The third kappa shape index (κ3) is 4.02. The third-order valence-corrected chi connectivity index (χ3v) is 4.72. The van der Waals surface area contributed by atoms with Gasteiger partial charge in [-0.05, 0) is 37.1 Å². The highest BCUT2D eigenvalue weighted by Gasteiger charge is 2.04. The van der Waals surface area contributed by atoms with E-state index in [1.54, 1.807) is 0 Å². The first-order chi connectivity index (χ1) is 9.06. The van der Waals surface area contributed by atoms with E-state index in [0.29, 0.717) is 0 Å². The van der Waals surface area contributed by atoms with Crippen LogP contribution in [0, 0.1) is 13.8 Å². The van der Waals surface area contributed by atoms with Gasteiger partial charge in [-0.25, -0.2) is 0 Å². The average Bonchev–Trinajstić information content (AvgIpc) is 2.32. The second-order valence-electron chi connectivity index (χ2n) is 4.80. The lowest BCUT2D eigenvalue weighted by atomic mass is 10.1. The molecule has 0 atom stereocenters. The van der Waals surface area contributed by atoms with Crippen LogP contribution in [0.15, 0.2) is 40.9 Å². The summed E-state index contributed by atoms with van der Waals surface area (Å²) in [4.78, 5) is 0. The van der Waals surface area contributed by atoms with Gasteiger partial charge in [0.05, 0.1) is 0 Å². The van der Waals surface area contributed by atoms with Crippen molar-refractivity contribution in [2.75, 3.05) is 5.73 Å². The summed E-state index contributed by atoms with van der Waals surface area (Å²) in [5, 5.41) is 0. The fourth-order valence-corrected chi connectivity index (χ4v) is 3.89. The fraction of sp³-hybridized carbons (Fsp3) is 0.250. The summed E-state index contributed by atoms with van der Waals surface area (Å²) in [7, 11) is 0. The number of hydrogen-bond acceptors (Lipinski definition) is 2. The van der Waals surface area contributed by atoms with E-state index >= 15 is 0 Å². The summed E-state index contributed by atoms with van der Waals surface area (Å²) in [6.45, 7) is 4.29. The van der Waals surface area contributed by atoms with Gasteiger partial charge in [0, 0.05) is 21.7 Å². The highest BCUT2D eigenvalue weighted by Crippen LogP contribution is 2.28. The molecule has 0 fully saturated rings. The molecule has 0 amide bonds. The third-order valence-electron chi connectivity index (χ3n) is 2.95. The zero-order valence-electron chi connectivity index (χ0n) is 11.2. The zero-order chi connectivity index (χ0) is 13.8. The summed E-state index contributed by atoms with van der Waals surface area (Å²) in [5.74, 6) is 1.95. The lowest BCUT2D eigenvalue weighted by molar-refractivity contribution is 1.29. The number of thioether (sulfide) groups is 1. The molecule has 0 aliphatic heterocycles. The number of benzene rings is 2.